The van der Waals surface area contributed by atoms with Gasteiger partial charge in [-0.3, -0.25) is 9.59 Å². The van der Waals surface area contributed by atoms with E-state index in [1.165, 1.54) is 7.11 Å². The Balaban J connectivity index is 2.40. The van der Waals surface area contributed by atoms with E-state index in [1.807, 2.05) is 13.8 Å². The standard InChI is InChI=1S/C17H24N2O6/c1-11(2)8-12(17(22)23)19-15(20)9-18-16(21)10-25-14-7-5-4-6-13(14)24-3/h4-7,11-12H,8-10H2,1-3H3,(H,18,21)(H,19,20)(H,22,23)/t12-/m0/s1. The van der Waals surface area contributed by atoms with Gasteiger partial charge in [-0.25, -0.2) is 4.79 Å². The van der Waals surface area contributed by atoms with Crippen molar-refractivity contribution in [1.29, 1.82) is 0 Å². The summed E-state index contributed by atoms with van der Waals surface area (Å²) in [5, 5.41) is 13.8. The first-order valence-corrected chi connectivity index (χ1v) is 7.88. The lowest BCUT2D eigenvalue weighted by Crippen LogP contribution is -2.46. The molecule has 1 aromatic rings. The number of ether oxygens (including phenoxy) is 2. The van der Waals surface area contributed by atoms with Crippen LogP contribution in [0.15, 0.2) is 24.3 Å². The third-order valence-corrected chi connectivity index (χ3v) is 3.21. The molecule has 1 aromatic carbocycles. The van der Waals surface area contributed by atoms with Crippen LogP contribution in [0.1, 0.15) is 20.3 Å². The largest absolute Gasteiger partial charge is 0.493 e. The Kier molecular flexibility index (Phi) is 8.25. The molecule has 138 valence electrons. The van der Waals surface area contributed by atoms with Gasteiger partial charge in [0.25, 0.3) is 5.91 Å². The Morgan fingerprint density at radius 2 is 1.76 bits per heavy atom. The van der Waals surface area contributed by atoms with E-state index >= 15 is 0 Å². The second-order valence-electron chi connectivity index (χ2n) is 5.80. The Morgan fingerprint density at radius 3 is 2.32 bits per heavy atom. The maximum Gasteiger partial charge on any atom is 0.326 e. The molecule has 8 heteroatoms. The fourth-order valence-corrected chi connectivity index (χ4v) is 2.05. The molecule has 0 radical (unpaired) electrons. The predicted octanol–water partition coefficient (Wildman–Crippen LogP) is 0.806. The summed E-state index contributed by atoms with van der Waals surface area (Å²) in [6.07, 6.45) is 0.311. The maximum atomic E-state index is 11.8. The molecule has 3 N–H and O–H groups in total. The molecule has 0 fully saturated rings. The number of carbonyl (C=O) groups excluding carboxylic acids is 2. The third kappa shape index (κ3) is 7.56. The van der Waals surface area contributed by atoms with E-state index in [9.17, 15) is 14.4 Å². The van der Waals surface area contributed by atoms with Gasteiger partial charge >= 0.3 is 5.97 Å². The fraction of sp³-hybridized carbons (Fsp3) is 0.471. The molecular formula is C17H24N2O6. The first-order valence-electron chi connectivity index (χ1n) is 7.88. The van der Waals surface area contributed by atoms with Crippen molar-refractivity contribution in [1.82, 2.24) is 10.6 Å². The molecular weight excluding hydrogens is 328 g/mol. The lowest BCUT2D eigenvalue weighted by Gasteiger charge is -2.16. The average molecular weight is 352 g/mol. The number of carboxylic acids is 1. The number of amides is 2. The quantitative estimate of drug-likeness (QED) is 0.574. The summed E-state index contributed by atoms with van der Waals surface area (Å²) >= 11 is 0. The van der Waals surface area contributed by atoms with Gasteiger partial charge in [-0.15, -0.1) is 0 Å². The second kappa shape index (κ2) is 10.2. The predicted molar refractivity (Wildman–Crippen MR) is 90.5 cm³/mol. The van der Waals surface area contributed by atoms with E-state index in [0.29, 0.717) is 17.9 Å². The van der Waals surface area contributed by atoms with Crippen molar-refractivity contribution in [2.75, 3.05) is 20.3 Å². The van der Waals surface area contributed by atoms with Gasteiger partial charge < -0.3 is 25.2 Å². The number of hydrogen-bond acceptors (Lipinski definition) is 5. The number of carbonyl (C=O) groups is 3. The number of nitrogens with one attached hydrogen (secondary N) is 2. The van der Waals surface area contributed by atoms with Crippen molar-refractivity contribution in [2.24, 2.45) is 5.92 Å². The summed E-state index contributed by atoms with van der Waals surface area (Å²) in [4.78, 5) is 34.6. The van der Waals surface area contributed by atoms with Crippen molar-refractivity contribution < 1.29 is 29.0 Å². The SMILES string of the molecule is COc1ccccc1OCC(=O)NCC(=O)N[C@@H](CC(C)C)C(=O)O. The first kappa shape index (κ1) is 20.3. The molecule has 0 saturated carbocycles. The van der Waals surface area contributed by atoms with E-state index in [0.717, 1.165) is 0 Å². The van der Waals surface area contributed by atoms with Crippen LogP contribution in [0.25, 0.3) is 0 Å². The molecule has 0 heterocycles. The van der Waals surface area contributed by atoms with E-state index in [4.69, 9.17) is 14.6 Å². The zero-order valence-electron chi connectivity index (χ0n) is 14.6. The molecule has 2 amide bonds. The van der Waals surface area contributed by atoms with Crippen LogP contribution in [0.2, 0.25) is 0 Å². The van der Waals surface area contributed by atoms with E-state index < -0.39 is 23.8 Å². The van der Waals surface area contributed by atoms with E-state index in [1.54, 1.807) is 24.3 Å². The molecule has 8 nitrogen and oxygen atoms in total. The Bertz CT molecular complexity index is 603. The number of methoxy groups -OCH3 is 1. The summed E-state index contributed by atoms with van der Waals surface area (Å²) in [5.41, 5.74) is 0. The Labute approximate surface area is 146 Å². The summed E-state index contributed by atoms with van der Waals surface area (Å²) in [7, 11) is 1.49. The van der Waals surface area contributed by atoms with Crippen LogP contribution < -0.4 is 20.1 Å². The zero-order valence-corrected chi connectivity index (χ0v) is 14.6. The van der Waals surface area contributed by atoms with Crippen LogP contribution in [0.4, 0.5) is 0 Å². The van der Waals surface area contributed by atoms with Crippen LogP contribution in [-0.4, -0.2) is 49.2 Å². The normalized spacial score (nSPS) is 11.5. The smallest absolute Gasteiger partial charge is 0.326 e. The highest BCUT2D eigenvalue weighted by molar-refractivity contribution is 5.88. The lowest BCUT2D eigenvalue weighted by molar-refractivity contribution is -0.142. The minimum atomic E-state index is -1.10. The zero-order chi connectivity index (χ0) is 18.8. The molecule has 0 aliphatic heterocycles. The minimum Gasteiger partial charge on any atom is -0.493 e. The van der Waals surface area contributed by atoms with Gasteiger partial charge in [-0.05, 0) is 24.5 Å². The summed E-state index contributed by atoms with van der Waals surface area (Å²) in [6, 6.07) is 5.88. The fourth-order valence-electron chi connectivity index (χ4n) is 2.05. The van der Waals surface area contributed by atoms with E-state index in [2.05, 4.69) is 10.6 Å². The molecule has 0 bridgehead atoms. The molecule has 1 rings (SSSR count). The van der Waals surface area contributed by atoms with Crippen molar-refractivity contribution in [3.8, 4) is 11.5 Å². The van der Waals surface area contributed by atoms with Gasteiger partial charge in [0.2, 0.25) is 5.91 Å². The van der Waals surface area contributed by atoms with Crippen LogP contribution in [0, 0.1) is 5.92 Å². The van der Waals surface area contributed by atoms with Crippen LogP contribution in [0.5, 0.6) is 11.5 Å². The number of benzene rings is 1. The highest BCUT2D eigenvalue weighted by Crippen LogP contribution is 2.25. The van der Waals surface area contributed by atoms with Crippen molar-refractivity contribution >= 4 is 17.8 Å². The summed E-state index contributed by atoms with van der Waals surface area (Å²) in [5.74, 6) is -1.16. The van der Waals surface area contributed by atoms with Crippen LogP contribution >= 0.6 is 0 Å². The van der Waals surface area contributed by atoms with Gasteiger partial charge in [-0.1, -0.05) is 26.0 Å². The van der Waals surface area contributed by atoms with Crippen molar-refractivity contribution in [3.05, 3.63) is 24.3 Å². The second-order valence-corrected chi connectivity index (χ2v) is 5.80. The maximum absolute atomic E-state index is 11.8. The van der Waals surface area contributed by atoms with E-state index in [-0.39, 0.29) is 19.1 Å². The lowest BCUT2D eigenvalue weighted by atomic mass is 10.0. The molecule has 0 spiro atoms. The molecule has 0 aliphatic rings. The number of aliphatic carboxylic acids is 1. The minimum absolute atomic E-state index is 0.116. The summed E-state index contributed by atoms with van der Waals surface area (Å²) < 4.78 is 10.4. The van der Waals surface area contributed by atoms with Gasteiger partial charge in [0.15, 0.2) is 18.1 Å². The third-order valence-electron chi connectivity index (χ3n) is 3.21. The number of rotatable bonds is 10. The number of hydrogen-bond donors (Lipinski definition) is 3. The summed E-state index contributed by atoms with van der Waals surface area (Å²) in [6.45, 7) is 3.11. The van der Waals surface area contributed by atoms with Gasteiger partial charge in [0.05, 0.1) is 13.7 Å². The van der Waals surface area contributed by atoms with Crippen LogP contribution in [-0.2, 0) is 14.4 Å². The van der Waals surface area contributed by atoms with Crippen molar-refractivity contribution in [3.63, 3.8) is 0 Å². The number of carboxylic acid groups (broad SMARTS) is 1. The molecule has 1 atom stereocenters. The average Bonchev–Trinajstić information content (AvgIpc) is 2.57. The van der Waals surface area contributed by atoms with Crippen molar-refractivity contribution in [2.45, 2.75) is 26.3 Å². The first-order chi connectivity index (χ1) is 11.8. The molecule has 0 unspecified atom stereocenters. The monoisotopic (exact) mass is 352 g/mol. The van der Waals surface area contributed by atoms with Crippen LogP contribution in [0.3, 0.4) is 0 Å². The Hall–Kier alpha value is -2.77. The van der Waals surface area contributed by atoms with Gasteiger partial charge in [0.1, 0.15) is 6.04 Å². The highest BCUT2D eigenvalue weighted by Gasteiger charge is 2.21. The number of para-hydroxylation sites is 2. The topological polar surface area (TPSA) is 114 Å². The highest BCUT2D eigenvalue weighted by atomic mass is 16.5. The molecule has 25 heavy (non-hydrogen) atoms. The van der Waals surface area contributed by atoms with Gasteiger partial charge in [-0.2, -0.15) is 0 Å². The Morgan fingerprint density at radius 1 is 1.12 bits per heavy atom. The molecule has 0 aromatic heterocycles. The molecule has 0 aliphatic carbocycles. The van der Waals surface area contributed by atoms with Gasteiger partial charge in [0, 0.05) is 0 Å². The molecule has 0 saturated heterocycles.